The Labute approximate surface area is 195 Å². The minimum absolute atomic E-state index is 0. The summed E-state index contributed by atoms with van der Waals surface area (Å²) >= 11 is 6.51. The van der Waals surface area contributed by atoms with Crippen LogP contribution in [0.2, 0.25) is 5.02 Å². The summed E-state index contributed by atoms with van der Waals surface area (Å²) in [6.45, 7) is 1.92. The van der Waals surface area contributed by atoms with Crippen LogP contribution in [0.3, 0.4) is 0 Å². The largest absolute Gasteiger partial charge is 0.385 e. The Morgan fingerprint density at radius 3 is 2.45 bits per heavy atom. The van der Waals surface area contributed by atoms with Crippen LogP contribution in [0.1, 0.15) is 58.2 Å². The van der Waals surface area contributed by atoms with Crippen LogP contribution in [0.5, 0.6) is 0 Å². The van der Waals surface area contributed by atoms with Gasteiger partial charge in [0.25, 0.3) is 0 Å². The summed E-state index contributed by atoms with van der Waals surface area (Å²) in [5, 5.41) is 12.4. The number of aliphatic hydroxyl groups is 1. The molecule has 31 heavy (non-hydrogen) atoms. The number of halogens is 2. The molecule has 1 aliphatic carbocycles. The lowest BCUT2D eigenvalue weighted by molar-refractivity contribution is -0.0571. The summed E-state index contributed by atoms with van der Waals surface area (Å²) < 4.78 is 0. The highest BCUT2D eigenvalue weighted by molar-refractivity contribution is 6.31. The van der Waals surface area contributed by atoms with Crippen molar-refractivity contribution in [2.45, 2.75) is 43.2 Å². The van der Waals surface area contributed by atoms with E-state index in [1.165, 1.54) is 27.8 Å². The first kappa shape index (κ1) is 21.0. The van der Waals surface area contributed by atoms with Crippen LogP contribution in [-0.2, 0) is 18.4 Å². The predicted octanol–water partition coefficient (Wildman–Crippen LogP) is 6.03. The van der Waals surface area contributed by atoms with Gasteiger partial charge in [0.05, 0.1) is 5.60 Å². The molecule has 0 unspecified atom stereocenters. The predicted molar refractivity (Wildman–Crippen MR) is 128 cm³/mol. The van der Waals surface area contributed by atoms with E-state index in [1.54, 1.807) is 0 Å². The molecular weight excluding hydrogens is 425 g/mol. The second-order valence-corrected chi connectivity index (χ2v) is 9.55. The van der Waals surface area contributed by atoms with Crippen LogP contribution in [-0.4, -0.2) is 23.1 Å². The van der Waals surface area contributed by atoms with Crippen molar-refractivity contribution < 1.29 is 5.11 Å². The van der Waals surface area contributed by atoms with E-state index >= 15 is 0 Å². The molecule has 0 aromatic heterocycles. The monoisotopic (exact) mass is 451 g/mol. The molecule has 2 heterocycles. The van der Waals surface area contributed by atoms with Crippen LogP contribution in [0.15, 0.2) is 66.7 Å². The van der Waals surface area contributed by atoms with Gasteiger partial charge >= 0.3 is 0 Å². The number of piperidine rings is 1. The van der Waals surface area contributed by atoms with Crippen molar-refractivity contribution >= 4 is 24.0 Å². The highest BCUT2D eigenvalue weighted by Gasteiger charge is 2.45. The van der Waals surface area contributed by atoms with Gasteiger partial charge in [0, 0.05) is 42.1 Å². The van der Waals surface area contributed by atoms with Gasteiger partial charge in [-0.05, 0) is 53.1 Å². The Morgan fingerprint density at radius 2 is 1.58 bits per heavy atom. The lowest BCUT2D eigenvalue weighted by Crippen LogP contribution is -2.48. The Balaban J connectivity index is 0.00000204. The van der Waals surface area contributed by atoms with E-state index < -0.39 is 5.60 Å². The van der Waals surface area contributed by atoms with Crippen LogP contribution < -0.4 is 0 Å². The Kier molecular flexibility index (Phi) is 5.38. The highest BCUT2D eigenvalue weighted by Crippen LogP contribution is 2.51. The van der Waals surface area contributed by atoms with Gasteiger partial charge in [-0.15, -0.1) is 12.4 Å². The van der Waals surface area contributed by atoms with Gasteiger partial charge in [0.15, 0.2) is 0 Å². The van der Waals surface area contributed by atoms with E-state index in [-0.39, 0.29) is 18.4 Å². The third kappa shape index (κ3) is 3.32. The average molecular weight is 452 g/mol. The van der Waals surface area contributed by atoms with Crippen molar-refractivity contribution in [3.8, 4) is 0 Å². The van der Waals surface area contributed by atoms with Gasteiger partial charge in [0.2, 0.25) is 0 Å². The molecule has 3 aromatic rings. The summed E-state index contributed by atoms with van der Waals surface area (Å²) in [5.74, 6) is 0.428. The first-order valence-electron chi connectivity index (χ1n) is 11.0. The zero-order valence-corrected chi connectivity index (χ0v) is 19.0. The van der Waals surface area contributed by atoms with Crippen molar-refractivity contribution in [2.24, 2.45) is 0 Å². The molecule has 0 bridgehead atoms. The van der Waals surface area contributed by atoms with E-state index in [9.17, 15) is 5.11 Å². The third-order valence-electron chi connectivity index (χ3n) is 7.61. The first-order chi connectivity index (χ1) is 14.6. The maximum atomic E-state index is 11.7. The number of fused-ring (bicyclic) bond motifs is 4. The third-order valence-corrected chi connectivity index (χ3v) is 7.94. The zero-order chi connectivity index (χ0) is 20.3. The van der Waals surface area contributed by atoms with Crippen molar-refractivity contribution in [3.63, 3.8) is 0 Å². The number of hydrogen-bond donors (Lipinski definition) is 1. The number of rotatable bonds is 1. The van der Waals surface area contributed by atoms with Gasteiger partial charge in [0.1, 0.15) is 0 Å². The lowest BCUT2D eigenvalue weighted by atomic mass is 9.72. The van der Waals surface area contributed by atoms with Crippen molar-refractivity contribution in [1.29, 1.82) is 0 Å². The first-order valence-corrected chi connectivity index (χ1v) is 11.4. The molecule has 0 spiro atoms. The van der Waals surface area contributed by atoms with E-state index in [2.05, 4.69) is 47.4 Å². The molecule has 0 saturated carbocycles. The molecule has 2 nitrogen and oxygen atoms in total. The fourth-order valence-electron chi connectivity index (χ4n) is 6.16. The second-order valence-electron chi connectivity index (χ2n) is 9.15. The molecule has 1 N–H and O–H groups in total. The average Bonchev–Trinajstić information content (AvgIpc) is 2.93. The van der Waals surface area contributed by atoms with E-state index in [4.69, 9.17) is 11.6 Å². The standard InChI is InChI=1S/C27H26ClNO.ClH/c28-24-11-4-3-10-23(24)27(30)14-15-29-17-22-20-8-2-1-6-18(20)12-13-19-7-5-9-21(26(19)22)25(29)16-27;/h1-11,22,25,30H,12-17H2;1H/t22-,25-,27-;/m1./s1. The Hall–Kier alpha value is -1.84. The van der Waals surface area contributed by atoms with E-state index in [1.807, 2.05) is 24.3 Å². The maximum Gasteiger partial charge on any atom is 0.0941 e. The topological polar surface area (TPSA) is 23.5 Å². The molecule has 3 atom stereocenters. The summed E-state index contributed by atoms with van der Waals surface area (Å²) in [4.78, 5) is 2.60. The van der Waals surface area contributed by atoms with E-state index in [0.717, 1.165) is 37.9 Å². The van der Waals surface area contributed by atoms with Crippen LogP contribution in [0.25, 0.3) is 0 Å². The summed E-state index contributed by atoms with van der Waals surface area (Å²) in [6.07, 6.45) is 3.62. The molecule has 3 aliphatic rings. The highest BCUT2D eigenvalue weighted by atomic mass is 35.5. The number of nitrogens with zero attached hydrogens (tertiary/aromatic N) is 1. The minimum atomic E-state index is -0.877. The molecule has 2 aliphatic heterocycles. The Morgan fingerprint density at radius 1 is 0.871 bits per heavy atom. The van der Waals surface area contributed by atoms with Crippen molar-refractivity contribution in [2.75, 3.05) is 13.1 Å². The lowest BCUT2D eigenvalue weighted by Gasteiger charge is -2.49. The molecule has 1 saturated heterocycles. The Bertz CT molecular complexity index is 1130. The summed E-state index contributed by atoms with van der Waals surface area (Å²) in [5.41, 5.74) is 7.40. The number of benzene rings is 3. The smallest absolute Gasteiger partial charge is 0.0941 e. The summed E-state index contributed by atoms with van der Waals surface area (Å²) in [7, 11) is 0. The molecule has 0 amide bonds. The quantitative estimate of drug-likeness (QED) is 0.487. The SMILES string of the molecule is Cl.O[C@]1(c2ccccc2Cl)CCN2C[C@@H]3c4ccccc4CCc4cccc(c43)[C@H]2C1. The van der Waals surface area contributed by atoms with Crippen molar-refractivity contribution in [3.05, 3.63) is 105 Å². The van der Waals surface area contributed by atoms with Gasteiger partial charge in [-0.25, -0.2) is 0 Å². The molecule has 3 aromatic carbocycles. The molecular formula is C27H27Cl2NO. The molecule has 4 heteroatoms. The van der Waals surface area contributed by atoms with E-state index in [0.29, 0.717) is 17.4 Å². The van der Waals surface area contributed by atoms with Gasteiger partial charge in [-0.3, -0.25) is 4.90 Å². The molecule has 6 rings (SSSR count). The fourth-order valence-corrected chi connectivity index (χ4v) is 6.47. The van der Waals surface area contributed by atoms with Crippen LogP contribution in [0.4, 0.5) is 0 Å². The number of aryl methyl sites for hydroxylation is 2. The normalized spacial score (nSPS) is 26.6. The molecule has 1 fully saturated rings. The molecule has 0 radical (unpaired) electrons. The van der Waals surface area contributed by atoms with Crippen LogP contribution in [0, 0.1) is 0 Å². The molecule has 160 valence electrons. The fraction of sp³-hybridized carbons (Fsp3) is 0.333. The van der Waals surface area contributed by atoms with Crippen LogP contribution >= 0.6 is 24.0 Å². The number of hydrogen-bond acceptors (Lipinski definition) is 2. The van der Waals surface area contributed by atoms with Gasteiger partial charge < -0.3 is 5.11 Å². The minimum Gasteiger partial charge on any atom is -0.385 e. The zero-order valence-electron chi connectivity index (χ0n) is 17.4. The van der Waals surface area contributed by atoms with Gasteiger partial charge in [-0.2, -0.15) is 0 Å². The maximum absolute atomic E-state index is 11.7. The second kappa shape index (κ2) is 7.94. The summed E-state index contributed by atoms with van der Waals surface area (Å²) in [6, 6.07) is 23.9. The van der Waals surface area contributed by atoms with Crippen molar-refractivity contribution in [1.82, 2.24) is 4.90 Å². The van der Waals surface area contributed by atoms with Gasteiger partial charge in [-0.1, -0.05) is 72.3 Å².